The van der Waals surface area contributed by atoms with Gasteiger partial charge >= 0.3 is 0 Å². The molecule has 0 atom stereocenters. The molecule has 0 aliphatic rings. The van der Waals surface area contributed by atoms with E-state index in [1.165, 1.54) is 0 Å². The van der Waals surface area contributed by atoms with Crippen LogP contribution in [-0.2, 0) is 14.1 Å². The summed E-state index contributed by atoms with van der Waals surface area (Å²) >= 11 is 0. The van der Waals surface area contributed by atoms with Crippen molar-refractivity contribution in [3.8, 4) is 28.3 Å². The van der Waals surface area contributed by atoms with Gasteiger partial charge in [0.15, 0.2) is 12.7 Å². The van der Waals surface area contributed by atoms with Crippen molar-refractivity contribution in [2.75, 3.05) is 6.61 Å². The Morgan fingerprint density at radius 2 is 1.45 bits per heavy atom. The summed E-state index contributed by atoms with van der Waals surface area (Å²) < 4.78 is 10.3. The van der Waals surface area contributed by atoms with Crippen LogP contribution in [0.2, 0.25) is 0 Å². The van der Waals surface area contributed by atoms with Gasteiger partial charge in [-0.25, -0.2) is 0 Å². The van der Waals surface area contributed by atoms with E-state index in [4.69, 9.17) is 4.74 Å². The molecule has 3 heteroatoms. The van der Waals surface area contributed by atoms with Crippen LogP contribution in [0.4, 0.5) is 0 Å². The molecule has 2 aromatic carbocycles. The molecule has 22 heavy (non-hydrogen) atoms. The van der Waals surface area contributed by atoms with Crippen LogP contribution < -0.4 is 9.42 Å². The van der Waals surface area contributed by atoms with Crippen molar-refractivity contribution in [3.63, 3.8) is 0 Å². The lowest BCUT2D eigenvalue weighted by Gasteiger charge is -2.04. The Kier molecular flexibility index (Phi) is 3.96. The summed E-state index contributed by atoms with van der Waals surface area (Å²) in [4.78, 5) is 0. The highest BCUT2D eigenvalue weighted by atomic mass is 16.5. The van der Waals surface area contributed by atoms with Gasteiger partial charge in [-0.05, 0) is 19.1 Å². The summed E-state index contributed by atoms with van der Waals surface area (Å²) in [6, 6.07) is 20.8. The largest absolute Gasteiger partial charge is 0.486 e. The van der Waals surface area contributed by atoms with E-state index in [1.54, 1.807) is 0 Å². The average Bonchev–Trinajstić information content (AvgIpc) is 2.81. The molecule has 0 aliphatic heterocycles. The molecule has 0 spiro atoms. The molecule has 3 rings (SSSR count). The van der Waals surface area contributed by atoms with Gasteiger partial charge < -0.3 is 4.74 Å². The Morgan fingerprint density at radius 3 is 2.00 bits per heavy atom. The molecule has 0 saturated carbocycles. The number of benzene rings is 2. The molecule has 1 aromatic heterocycles. The maximum atomic E-state index is 6.04. The zero-order valence-electron chi connectivity index (χ0n) is 13.3. The van der Waals surface area contributed by atoms with Crippen LogP contribution in [0.5, 0.6) is 5.75 Å². The number of rotatable bonds is 4. The molecule has 1 heterocycles. The number of hydrogen-bond acceptors (Lipinski definition) is 1. The fraction of sp³-hybridized carbons (Fsp3) is 0.211. The molecule has 0 fully saturated rings. The second-order valence-corrected chi connectivity index (χ2v) is 5.24. The zero-order chi connectivity index (χ0) is 15.5. The topological polar surface area (TPSA) is 18.0 Å². The van der Waals surface area contributed by atoms with Crippen LogP contribution in [0.1, 0.15) is 6.92 Å². The van der Waals surface area contributed by atoms with Gasteiger partial charge in [-0.3, -0.25) is 0 Å². The highest BCUT2D eigenvalue weighted by Crippen LogP contribution is 2.37. The first kappa shape index (κ1) is 14.4. The first-order valence-corrected chi connectivity index (χ1v) is 7.56. The lowest BCUT2D eigenvalue weighted by molar-refractivity contribution is -0.740. The van der Waals surface area contributed by atoms with Gasteiger partial charge in [-0.15, -0.1) is 4.68 Å². The Balaban J connectivity index is 2.28. The summed E-state index contributed by atoms with van der Waals surface area (Å²) in [7, 11) is 4.13. The minimum Gasteiger partial charge on any atom is -0.486 e. The van der Waals surface area contributed by atoms with Crippen LogP contribution in [-0.4, -0.2) is 11.3 Å². The standard InChI is InChI=1S/C19H21N2O/c1-4-22-19-17(15-11-7-5-8-12-15)20(2)21(3)18(19)16-13-9-6-10-14-16/h5-14H,4H2,1-3H3/q+1. The van der Waals surface area contributed by atoms with Crippen LogP contribution in [0, 0.1) is 0 Å². The predicted molar refractivity (Wildman–Crippen MR) is 88.6 cm³/mol. The van der Waals surface area contributed by atoms with E-state index < -0.39 is 0 Å². The molecule has 0 amide bonds. The van der Waals surface area contributed by atoms with Crippen molar-refractivity contribution in [2.45, 2.75) is 6.92 Å². The van der Waals surface area contributed by atoms with E-state index in [-0.39, 0.29) is 0 Å². The van der Waals surface area contributed by atoms with Gasteiger partial charge in [0.05, 0.1) is 19.2 Å². The molecule has 3 nitrogen and oxygen atoms in total. The van der Waals surface area contributed by atoms with E-state index >= 15 is 0 Å². The van der Waals surface area contributed by atoms with Crippen LogP contribution in [0.15, 0.2) is 60.7 Å². The average molecular weight is 293 g/mol. The second-order valence-electron chi connectivity index (χ2n) is 5.24. The van der Waals surface area contributed by atoms with Crippen molar-refractivity contribution in [1.82, 2.24) is 4.68 Å². The van der Waals surface area contributed by atoms with Crippen molar-refractivity contribution >= 4 is 0 Å². The molecular weight excluding hydrogens is 272 g/mol. The summed E-state index contributed by atoms with van der Waals surface area (Å²) in [5.74, 6) is 0.935. The fourth-order valence-electron chi connectivity index (χ4n) is 2.82. The number of ether oxygens (including phenoxy) is 1. The van der Waals surface area contributed by atoms with Gasteiger partial charge in [0.1, 0.15) is 0 Å². The van der Waals surface area contributed by atoms with Crippen molar-refractivity contribution < 1.29 is 9.42 Å². The Morgan fingerprint density at radius 1 is 0.909 bits per heavy atom. The highest BCUT2D eigenvalue weighted by Gasteiger charge is 2.29. The molecule has 0 radical (unpaired) electrons. The maximum absolute atomic E-state index is 6.04. The third-order valence-corrected chi connectivity index (χ3v) is 3.91. The van der Waals surface area contributed by atoms with E-state index in [0.29, 0.717) is 6.61 Å². The van der Waals surface area contributed by atoms with Gasteiger partial charge in [0, 0.05) is 5.56 Å². The first-order valence-electron chi connectivity index (χ1n) is 7.56. The Bertz CT molecular complexity index is 698. The molecule has 0 saturated heterocycles. The quantitative estimate of drug-likeness (QED) is 0.672. The van der Waals surface area contributed by atoms with E-state index in [1.807, 2.05) is 19.1 Å². The van der Waals surface area contributed by atoms with Crippen LogP contribution >= 0.6 is 0 Å². The second kappa shape index (κ2) is 6.06. The summed E-state index contributed by atoms with van der Waals surface area (Å²) in [5, 5.41) is 0. The fourth-order valence-corrected chi connectivity index (χ4v) is 2.82. The predicted octanol–water partition coefficient (Wildman–Crippen LogP) is 3.58. The molecule has 0 unspecified atom stereocenters. The summed E-state index contributed by atoms with van der Waals surface area (Å²) in [5.41, 5.74) is 4.52. The Hall–Kier alpha value is -2.55. The van der Waals surface area contributed by atoms with Gasteiger partial charge in [0.2, 0.25) is 5.75 Å². The van der Waals surface area contributed by atoms with E-state index in [2.05, 4.69) is 72.0 Å². The van der Waals surface area contributed by atoms with Crippen molar-refractivity contribution in [2.24, 2.45) is 14.1 Å². The molecule has 0 N–H and O–H groups in total. The zero-order valence-corrected chi connectivity index (χ0v) is 13.3. The van der Waals surface area contributed by atoms with Crippen LogP contribution in [0.3, 0.4) is 0 Å². The smallest absolute Gasteiger partial charge is 0.280 e. The normalized spacial score (nSPS) is 10.7. The monoisotopic (exact) mass is 293 g/mol. The molecule has 112 valence electrons. The summed E-state index contributed by atoms with van der Waals surface area (Å²) in [6.07, 6.45) is 0. The van der Waals surface area contributed by atoms with Gasteiger partial charge in [-0.1, -0.05) is 48.5 Å². The van der Waals surface area contributed by atoms with Gasteiger partial charge in [-0.2, -0.15) is 4.68 Å². The lowest BCUT2D eigenvalue weighted by Crippen LogP contribution is -2.39. The lowest BCUT2D eigenvalue weighted by atomic mass is 10.1. The molecule has 0 bridgehead atoms. The maximum Gasteiger partial charge on any atom is 0.280 e. The van der Waals surface area contributed by atoms with E-state index in [0.717, 1.165) is 28.3 Å². The SMILES string of the molecule is CCOc1c(-c2ccccc2)n(C)[n+](C)c1-c1ccccc1. The van der Waals surface area contributed by atoms with Crippen LogP contribution in [0.25, 0.3) is 22.5 Å². The first-order chi connectivity index (χ1) is 10.7. The third kappa shape index (κ3) is 2.39. The molecule has 3 aromatic rings. The van der Waals surface area contributed by atoms with Crippen molar-refractivity contribution in [1.29, 1.82) is 0 Å². The van der Waals surface area contributed by atoms with Crippen molar-refractivity contribution in [3.05, 3.63) is 60.7 Å². The number of aromatic nitrogens is 2. The van der Waals surface area contributed by atoms with E-state index in [9.17, 15) is 0 Å². The third-order valence-electron chi connectivity index (χ3n) is 3.91. The minimum absolute atomic E-state index is 0.643. The summed E-state index contributed by atoms with van der Waals surface area (Å²) in [6.45, 7) is 2.67. The minimum atomic E-state index is 0.643. The number of hydrogen-bond donors (Lipinski definition) is 0. The molecule has 0 aliphatic carbocycles. The number of nitrogens with zero attached hydrogens (tertiary/aromatic N) is 2. The highest BCUT2D eigenvalue weighted by molar-refractivity contribution is 5.76. The van der Waals surface area contributed by atoms with Gasteiger partial charge in [0.25, 0.3) is 5.69 Å². The molecular formula is C19H21N2O+. The Labute approximate surface area is 131 Å².